The number of ether oxygens (including phenoxy) is 11. The number of carboxylic acids is 2. The van der Waals surface area contributed by atoms with E-state index in [1.807, 2.05) is 151 Å². The van der Waals surface area contributed by atoms with E-state index in [9.17, 15) is 44.1 Å². The van der Waals surface area contributed by atoms with Crippen LogP contribution < -0.4 is 21.7 Å². The molecule has 11 aliphatic rings. The highest BCUT2D eigenvalue weighted by Gasteiger charge is 2.54. The number of amides is 3. The van der Waals surface area contributed by atoms with Crippen molar-refractivity contribution in [2.24, 2.45) is 5.73 Å². The normalized spacial score (nSPS) is 29.2. The molecule has 0 aromatic heterocycles. The SMILES string of the molecule is CC1COC(C)(C)O1.CC1COC2(CCC(CO)(NC(=O)OCC3c4ccccc4-c4ccccc43)CC2)O1.CC1COC2(CCC(N)(CO)CC2)O1.CC1COC2(CCC(NC(=O)OCC3c4ccccc4-c4ccccc43)(C(=O)O)CC2)O1.O=C1CCC(NC(=O)OCC2c3ccccc3-c3ccccc32)(C(=O)O)CC1. The van der Waals surface area contributed by atoms with Gasteiger partial charge in [-0.05, 0) is 160 Å². The van der Waals surface area contributed by atoms with Gasteiger partial charge in [0.05, 0.1) is 69.6 Å². The fourth-order valence-electron chi connectivity index (χ4n) is 17.8. The Kier molecular flexibility index (Phi) is 25.0. The number of aliphatic hydroxyl groups excluding tert-OH is 2. The first-order valence-corrected chi connectivity index (χ1v) is 39.8. The summed E-state index contributed by atoms with van der Waals surface area (Å²) in [5, 5.41) is 46.8. The Hall–Kier alpha value is -8.70. The number of carbonyl (C=O) groups is 6. The Labute approximate surface area is 659 Å². The number of alkyl carbamates (subject to hydrolysis) is 3. The summed E-state index contributed by atoms with van der Waals surface area (Å²) >= 11 is 0. The summed E-state index contributed by atoms with van der Waals surface area (Å²) in [6.07, 6.45) is 5.89. The van der Waals surface area contributed by atoms with Crippen LogP contribution in [0.15, 0.2) is 146 Å². The van der Waals surface area contributed by atoms with Crippen molar-refractivity contribution < 1.29 is 101 Å². The molecule has 4 heterocycles. The number of fused-ring (bicyclic) bond motifs is 9. The lowest BCUT2D eigenvalue weighted by Gasteiger charge is -2.43. The quantitative estimate of drug-likeness (QED) is 0.0498. The van der Waals surface area contributed by atoms with Crippen LogP contribution in [-0.4, -0.2) is 186 Å². The monoisotopic (exact) mass is 1560 g/mol. The van der Waals surface area contributed by atoms with Gasteiger partial charge in [0, 0.05) is 74.7 Å². The number of nitrogens with two attached hydrogens (primary N) is 1. The summed E-state index contributed by atoms with van der Waals surface area (Å²) in [6, 6.07) is 48.7. The van der Waals surface area contributed by atoms with Gasteiger partial charge in [-0.2, -0.15) is 0 Å². The number of rotatable bonds is 13. The van der Waals surface area contributed by atoms with Gasteiger partial charge in [-0.15, -0.1) is 0 Å². The van der Waals surface area contributed by atoms with Gasteiger partial charge in [-0.3, -0.25) is 4.79 Å². The van der Waals surface area contributed by atoms with Crippen molar-refractivity contribution in [3.63, 3.8) is 0 Å². The molecule has 7 aliphatic carbocycles. The van der Waals surface area contributed by atoms with E-state index in [0.717, 1.165) is 76.8 Å². The molecule has 9 N–H and O–H groups in total. The zero-order chi connectivity index (χ0) is 80.0. The minimum atomic E-state index is -1.43. The Bertz CT molecular complexity index is 4240. The molecule has 25 heteroatoms. The average Bonchev–Trinajstić information content (AvgIpc) is 1.55. The highest BCUT2D eigenvalue weighted by Crippen LogP contribution is 2.50. The molecule has 606 valence electrons. The fraction of sp³-hybridized carbons (Fsp3) is 0.523. The number of benzene rings is 6. The maximum absolute atomic E-state index is 12.7. The van der Waals surface area contributed by atoms with Gasteiger partial charge in [-0.25, -0.2) is 24.0 Å². The van der Waals surface area contributed by atoms with Crippen molar-refractivity contribution in [1.82, 2.24) is 16.0 Å². The first-order chi connectivity index (χ1) is 54.1. The number of carbonyl (C=O) groups excluding carboxylic acids is 4. The number of aliphatic hydroxyl groups is 2. The molecule has 8 fully saturated rings. The van der Waals surface area contributed by atoms with E-state index in [1.165, 1.54) is 22.3 Å². The summed E-state index contributed by atoms with van der Waals surface area (Å²) in [6.45, 7) is 14.7. The van der Waals surface area contributed by atoms with E-state index in [1.54, 1.807) is 0 Å². The van der Waals surface area contributed by atoms with Gasteiger partial charge in [0.1, 0.15) is 36.7 Å². The second-order valence-corrected chi connectivity index (χ2v) is 32.7. The molecule has 25 nitrogen and oxygen atoms in total. The van der Waals surface area contributed by atoms with Crippen molar-refractivity contribution in [3.05, 3.63) is 179 Å². The zero-order valence-electron chi connectivity index (χ0n) is 65.4. The van der Waals surface area contributed by atoms with Crippen LogP contribution >= 0.6 is 0 Å². The van der Waals surface area contributed by atoms with Crippen LogP contribution in [0.5, 0.6) is 0 Å². The van der Waals surface area contributed by atoms with Crippen molar-refractivity contribution in [2.75, 3.05) is 59.5 Å². The number of nitrogens with one attached hydrogen (secondary N) is 3. The number of carboxylic acid groups (broad SMARTS) is 2. The summed E-state index contributed by atoms with van der Waals surface area (Å²) in [5.74, 6) is -4.36. The lowest BCUT2D eigenvalue weighted by molar-refractivity contribution is -0.197. The number of hydrogen-bond donors (Lipinski definition) is 8. The molecule has 113 heavy (non-hydrogen) atoms. The number of Topliss-reactive ketones (excluding diaryl/α,β-unsaturated/α-hetero) is 1. The van der Waals surface area contributed by atoms with E-state index < -0.39 is 69.7 Å². The predicted octanol–water partition coefficient (Wildman–Crippen LogP) is 13.0. The van der Waals surface area contributed by atoms with Crippen LogP contribution in [0.4, 0.5) is 14.4 Å². The second-order valence-electron chi connectivity index (χ2n) is 32.7. The highest BCUT2D eigenvalue weighted by atomic mass is 16.8. The third-order valence-electron chi connectivity index (χ3n) is 24.2. The third kappa shape index (κ3) is 18.5. The van der Waals surface area contributed by atoms with Gasteiger partial charge >= 0.3 is 30.2 Å². The molecule has 4 atom stereocenters. The molecule has 17 rings (SSSR count). The molecule has 4 unspecified atom stereocenters. The Balaban J connectivity index is 0.000000131. The first-order valence-electron chi connectivity index (χ1n) is 39.8. The lowest BCUT2D eigenvalue weighted by Crippen LogP contribution is -2.59. The molecule has 0 bridgehead atoms. The van der Waals surface area contributed by atoms with E-state index in [-0.39, 0.29) is 125 Å². The average molecular weight is 1560 g/mol. The van der Waals surface area contributed by atoms with Crippen LogP contribution in [0.3, 0.4) is 0 Å². The Morgan fingerprint density at radius 1 is 0.389 bits per heavy atom. The van der Waals surface area contributed by atoms with E-state index >= 15 is 0 Å². The first kappa shape index (κ1) is 82.3. The standard InChI is InChI=1S/C25H27NO6.C25H29NO5.C22H21NO5.C10H19NO3.C6H12O2/c1-16-14-31-25(32-16)12-10-24(11-13-25,22(27)28)26-23(29)30-15-21-19-8-4-2-6-17(19)18-7-3-5-9-20(18)21;1-17-14-30-25(31-17)12-10-24(16-27,11-13-25)26-23(28)29-15-22-20-8-4-2-6-18(20)19-7-3-5-9-21(19)22;24-14-9-11-22(12-10-14,20(25)26)23-21(27)28-13-19-17-7-3-1-5-15(17)16-6-2-4-8-18(16)19;1-8-6-13-10(14-8)4-2-9(11,7-12)3-5-10;1-5-4-7-6(2,3)8-5/h2-9,16,21H,10-15H2,1H3,(H,26,29)(H,27,28);2-9,17,22,27H,10-16H2,1H3,(H,26,28);1-8,19H,9-13H2,(H,23,27)(H,25,26);8,12H,2-7,11H2,1H3;5H,4H2,1-3H3. The van der Waals surface area contributed by atoms with Gasteiger partial charge in [0.25, 0.3) is 0 Å². The van der Waals surface area contributed by atoms with Gasteiger partial charge < -0.3 is 94.2 Å². The van der Waals surface area contributed by atoms with Crippen LogP contribution in [0.2, 0.25) is 0 Å². The Morgan fingerprint density at radius 2 is 0.673 bits per heavy atom. The second kappa shape index (κ2) is 34.4. The smallest absolute Gasteiger partial charge is 0.408 e. The molecule has 0 radical (unpaired) electrons. The lowest BCUT2D eigenvalue weighted by atomic mass is 9.78. The molecule has 3 amide bonds. The van der Waals surface area contributed by atoms with E-state index in [2.05, 4.69) is 52.3 Å². The van der Waals surface area contributed by atoms with Crippen LogP contribution in [0, 0.1) is 0 Å². The maximum Gasteiger partial charge on any atom is 0.408 e. The minimum absolute atomic E-state index is 0.0116. The van der Waals surface area contributed by atoms with Gasteiger partial charge in [0.15, 0.2) is 23.1 Å². The summed E-state index contributed by atoms with van der Waals surface area (Å²) in [5.41, 5.74) is 15.7. The number of hydrogen-bond acceptors (Lipinski definition) is 20. The molecule has 4 saturated carbocycles. The molecular formula is C88H108N4O21. The summed E-state index contributed by atoms with van der Waals surface area (Å²) in [4.78, 5) is 73.1. The van der Waals surface area contributed by atoms with E-state index in [4.69, 9.17) is 62.9 Å². The van der Waals surface area contributed by atoms with Crippen LogP contribution in [0.1, 0.15) is 195 Å². The van der Waals surface area contributed by atoms with Crippen molar-refractivity contribution in [1.29, 1.82) is 0 Å². The molecule has 6 aromatic rings. The predicted molar refractivity (Wildman–Crippen MR) is 416 cm³/mol. The fourth-order valence-corrected chi connectivity index (χ4v) is 17.8. The molecule has 4 saturated heterocycles. The van der Waals surface area contributed by atoms with Gasteiger partial charge in [-0.1, -0.05) is 146 Å². The van der Waals surface area contributed by atoms with Crippen molar-refractivity contribution in [2.45, 2.75) is 232 Å². The third-order valence-corrected chi connectivity index (χ3v) is 24.2. The van der Waals surface area contributed by atoms with Crippen molar-refractivity contribution >= 4 is 36.0 Å². The molecule has 6 aromatic carbocycles. The number of ketones is 1. The molecular weight excluding hydrogens is 1450 g/mol. The maximum atomic E-state index is 12.7. The largest absolute Gasteiger partial charge is 0.480 e. The molecule has 3 spiro atoms. The zero-order valence-corrected chi connectivity index (χ0v) is 65.4. The topological polar surface area (TPSA) is 347 Å². The molecule has 4 aliphatic heterocycles. The Morgan fingerprint density at radius 3 is 0.938 bits per heavy atom. The minimum Gasteiger partial charge on any atom is -0.480 e. The highest BCUT2D eigenvalue weighted by molar-refractivity contribution is 5.89. The van der Waals surface area contributed by atoms with E-state index in [0.29, 0.717) is 58.3 Å². The number of aliphatic carboxylic acids is 2. The summed E-state index contributed by atoms with van der Waals surface area (Å²) in [7, 11) is 0. The van der Waals surface area contributed by atoms with Crippen LogP contribution in [0.25, 0.3) is 33.4 Å². The summed E-state index contributed by atoms with van der Waals surface area (Å²) < 4.78 is 62.2. The van der Waals surface area contributed by atoms with Crippen molar-refractivity contribution in [3.8, 4) is 33.4 Å². The van der Waals surface area contributed by atoms with Crippen LogP contribution in [-0.2, 0) is 66.5 Å². The van der Waals surface area contributed by atoms with Gasteiger partial charge in [0.2, 0.25) is 0 Å².